The van der Waals surface area contributed by atoms with Crippen LogP contribution >= 0.6 is 36.2 Å². The van der Waals surface area contributed by atoms with Gasteiger partial charge in [-0.3, -0.25) is 4.79 Å². The summed E-state index contributed by atoms with van der Waals surface area (Å²) < 4.78 is 10.7. The molecule has 0 unspecified atom stereocenters. The molecule has 1 aliphatic heterocycles. The van der Waals surface area contributed by atoms with E-state index in [1.807, 2.05) is 32.0 Å². The Morgan fingerprint density at radius 1 is 1.27 bits per heavy atom. The van der Waals surface area contributed by atoms with Crippen LogP contribution in [0.3, 0.4) is 0 Å². The molecule has 6 nitrogen and oxygen atoms in total. The number of carbonyl (C=O) groups excluding carboxylic acids is 1. The van der Waals surface area contributed by atoms with Gasteiger partial charge in [0.2, 0.25) is 6.79 Å². The summed E-state index contributed by atoms with van der Waals surface area (Å²) in [6.45, 7) is 4.69. The van der Waals surface area contributed by atoms with Crippen molar-refractivity contribution in [1.29, 1.82) is 0 Å². The van der Waals surface area contributed by atoms with Crippen molar-refractivity contribution in [3.05, 3.63) is 29.3 Å². The number of fused-ring (bicyclic) bond motifs is 1. The first-order valence-electron chi connectivity index (χ1n) is 7.99. The van der Waals surface area contributed by atoms with E-state index in [0.29, 0.717) is 18.0 Å². The zero-order chi connectivity index (χ0) is 17.2. The number of halogens is 2. The second kappa shape index (κ2) is 9.41. The van der Waals surface area contributed by atoms with E-state index in [0.717, 1.165) is 29.2 Å². The Kier molecular flexibility index (Phi) is 8.15. The number of rotatable bonds is 6. The van der Waals surface area contributed by atoms with Gasteiger partial charge in [-0.2, -0.15) is 0 Å². The van der Waals surface area contributed by atoms with Crippen LogP contribution < -0.4 is 20.5 Å². The first-order chi connectivity index (χ1) is 11.6. The first-order valence-corrected chi connectivity index (χ1v) is 8.87. The highest BCUT2D eigenvalue weighted by molar-refractivity contribution is 7.13. The van der Waals surface area contributed by atoms with Crippen molar-refractivity contribution in [2.45, 2.75) is 32.2 Å². The summed E-state index contributed by atoms with van der Waals surface area (Å²) in [5, 5.41) is 5.57. The number of carbonyl (C=O) groups is 1. The van der Waals surface area contributed by atoms with Crippen molar-refractivity contribution in [3.63, 3.8) is 0 Å². The predicted octanol–water partition coefficient (Wildman–Crippen LogP) is 3.63. The Morgan fingerprint density at radius 3 is 2.62 bits per heavy atom. The number of nitrogens with zero attached hydrogens (tertiary/aromatic N) is 1. The number of hydrogen-bond acceptors (Lipinski definition) is 6. The van der Waals surface area contributed by atoms with Crippen LogP contribution in [0.25, 0.3) is 10.6 Å². The van der Waals surface area contributed by atoms with E-state index < -0.39 is 0 Å². The van der Waals surface area contributed by atoms with E-state index in [1.54, 1.807) is 5.38 Å². The Labute approximate surface area is 169 Å². The van der Waals surface area contributed by atoms with Crippen LogP contribution in [0.4, 0.5) is 0 Å². The number of thiazole rings is 1. The monoisotopic (exact) mass is 419 g/mol. The summed E-state index contributed by atoms with van der Waals surface area (Å²) in [4.78, 5) is 17.0. The van der Waals surface area contributed by atoms with Crippen LogP contribution in [0.5, 0.6) is 11.5 Å². The third-order valence-electron chi connectivity index (χ3n) is 4.48. The highest BCUT2D eigenvalue weighted by Crippen LogP contribution is 2.36. The third-order valence-corrected chi connectivity index (χ3v) is 5.37. The van der Waals surface area contributed by atoms with Crippen LogP contribution in [0.1, 0.15) is 37.2 Å². The van der Waals surface area contributed by atoms with Gasteiger partial charge >= 0.3 is 0 Å². The van der Waals surface area contributed by atoms with Gasteiger partial charge in [-0.15, -0.1) is 36.2 Å². The molecule has 0 spiro atoms. The largest absolute Gasteiger partial charge is 0.454 e. The molecular formula is C17H23Cl2N3O3S. The Bertz CT molecular complexity index is 742. The second-order valence-electron chi connectivity index (χ2n) is 5.75. The summed E-state index contributed by atoms with van der Waals surface area (Å²) in [7, 11) is 0. The van der Waals surface area contributed by atoms with E-state index in [1.165, 1.54) is 11.3 Å². The molecule has 3 rings (SSSR count). The maximum atomic E-state index is 12.5. The number of aromatic nitrogens is 1. The standard InChI is InChI=1S/C17H21N3O3S.2ClH/c1-3-17(4-2,9-18)20-15(21)12-8-24-16(19-12)11-5-6-13-14(7-11)23-10-22-13;;/h5-8H,3-4,9-10,18H2,1-2H3,(H,20,21);2*1H. The number of benzene rings is 1. The van der Waals surface area contributed by atoms with Crippen molar-refractivity contribution in [2.24, 2.45) is 5.73 Å². The van der Waals surface area contributed by atoms with Crippen molar-refractivity contribution in [2.75, 3.05) is 13.3 Å². The third kappa shape index (κ3) is 4.40. The van der Waals surface area contributed by atoms with Crippen molar-refractivity contribution >= 4 is 42.1 Å². The van der Waals surface area contributed by atoms with Gasteiger partial charge in [0.1, 0.15) is 10.7 Å². The number of nitrogens with two attached hydrogens (primary N) is 1. The van der Waals surface area contributed by atoms with Gasteiger partial charge in [-0.1, -0.05) is 13.8 Å². The average Bonchev–Trinajstić information content (AvgIpc) is 3.28. The summed E-state index contributed by atoms with van der Waals surface area (Å²) in [5.74, 6) is 1.24. The van der Waals surface area contributed by atoms with Gasteiger partial charge in [-0.05, 0) is 31.0 Å². The number of hydrogen-bond donors (Lipinski definition) is 2. The lowest BCUT2D eigenvalue weighted by Crippen LogP contribution is -2.52. The quantitative estimate of drug-likeness (QED) is 0.746. The molecule has 1 aliphatic rings. The maximum Gasteiger partial charge on any atom is 0.271 e. The van der Waals surface area contributed by atoms with E-state index in [4.69, 9.17) is 15.2 Å². The first kappa shape index (κ1) is 22.5. The molecule has 3 N–H and O–H groups in total. The molecule has 0 saturated heterocycles. The van der Waals surface area contributed by atoms with Crippen LogP contribution in [0.15, 0.2) is 23.6 Å². The average molecular weight is 420 g/mol. The number of nitrogens with one attached hydrogen (secondary N) is 1. The zero-order valence-electron chi connectivity index (χ0n) is 14.6. The molecule has 144 valence electrons. The minimum Gasteiger partial charge on any atom is -0.454 e. The predicted molar refractivity (Wildman–Crippen MR) is 108 cm³/mol. The fourth-order valence-corrected chi connectivity index (χ4v) is 3.41. The summed E-state index contributed by atoms with van der Waals surface area (Å²) in [6.07, 6.45) is 1.57. The molecule has 9 heteroatoms. The molecular weight excluding hydrogens is 397 g/mol. The van der Waals surface area contributed by atoms with Crippen LogP contribution in [-0.4, -0.2) is 29.8 Å². The van der Waals surface area contributed by atoms with E-state index in [9.17, 15) is 4.79 Å². The van der Waals surface area contributed by atoms with Crippen LogP contribution in [0, 0.1) is 0 Å². The Hall–Kier alpha value is -1.54. The topological polar surface area (TPSA) is 86.5 Å². The molecule has 0 atom stereocenters. The lowest BCUT2D eigenvalue weighted by Gasteiger charge is -2.31. The second-order valence-corrected chi connectivity index (χ2v) is 6.61. The van der Waals surface area contributed by atoms with Gasteiger partial charge in [0.15, 0.2) is 11.5 Å². The normalized spacial score (nSPS) is 12.1. The van der Waals surface area contributed by atoms with Crippen molar-refractivity contribution in [1.82, 2.24) is 10.3 Å². The van der Waals surface area contributed by atoms with E-state index >= 15 is 0 Å². The molecule has 26 heavy (non-hydrogen) atoms. The maximum absolute atomic E-state index is 12.5. The minimum absolute atomic E-state index is 0. The molecule has 2 heterocycles. The van der Waals surface area contributed by atoms with Crippen LogP contribution in [0.2, 0.25) is 0 Å². The molecule has 0 radical (unpaired) electrons. The molecule has 2 aromatic rings. The summed E-state index contributed by atoms with van der Waals surface area (Å²) in [5.41, 5.74) is 6.78. The Morgan fingerprint density at radius 2 is 1.96 bits per heavy atom. The number of ether oxygens (including phenoxy) is 2. The van der Waals surface area contributed by atoms with Gasteiger partial charge in [-0.25, -0.2) is 4.98 Å². The molecule has 1 aromatic carbocycles. The fraction of sp³-hybridized carbons (Fsp3) is 0.412. The Balaban J connectivity index is 0.00000169. The highest BCUT2D eigenvalue weighted by atomic mass is 35.5. The molecule has 0 fully saturated rings. The van der Waals surface area contributed by atoms with Gasteiger partial charge < -0.3 is 20.5 Å². The lowest BCUT2D eigenvalue weighted by molar-refractivity contribution is 0.0891. The fourth-order valence-electron chi connectivity index (χ4n) is 2.61. The SMILES string of the molecule is CCC(CC)(CN)NC(=O)c1csc(-c2ccc3c(c2)OCO3)n1.Cl.Cl. The van der Waals surface area contributed by atoms with E-state index in [-0.39, 0.29) is 43.1 Å². The molecule has 0 bridgehead atoms. The zero-order valence-corrected chi connectivity index (χ0v) is 17.1. The molecule has 0 aliphatic carbocycles. The van der Waals surface area contributed by atoms with Crippen LogP contribution in [-0.2, 0) is 0 Å². The van der Waals surface area contributed by atoms with Gasteiger partial charge in [0, 0.05) is 17.5 Å². The smallest absolute Gasteiger partial charge is 0.271 e. The molecule has 1 amide bonds. The molecule has 0 saturated carbocycles. The lowest BCUT2D eigenvalue weighted by atomic mass is 9.93. The van der Waals surface area contributed by atoms with E-state index in [2.05, 4.69) is 10.3 Å². The van der Waals surface area contributed by atoms with Gasteiger partial charge in [0.05, 0.1) is 5.54 Å². The minimum atomic E-state index is -0.375. The highest BCUT2D eigenvalue weighted by Gasteiger charge is 2.27. The summed E-state index contributed by atoms with van der Waals surface area (Å²) in [6, 6.07) is 5.65. The summed E-state index contributed by atoms with van der Waals surface area (Å²) >= 11 is 1.43. The molecule has 1 aromatic heterocycles. The van der Waals surface area contributed by atoms with Crippen molar-refractivity contribution < 1.29 is 14.3 Å². The van der Waals surface area contributed by atoms with Gasteiger partial charge in [0.25, 0.3) is 5.91 Å². The number of amides is 1. The van der Waals surface area contributed by atoms with Crippen molar-refractivity contribution in [3.8, 4) is 22.1 Å².